The summed E-state index contributed by atoms with van der Waals surface area (Å²) in [5.74, 6) is -1.57. The van der Waals surface area contributed by atoms with Crippen molar-refractivity contribution in [2.75, 3.05) is 13.6 Å². The van der Waals surface area contributed by atoms with Crippen molar-refractivity contribution in [2.45, 2.75) is 43.5 Å². The predicted molar refractivity (Wildman–Crippen MR) is 95.0 cm³/mol. The second-order valence-corrected chi connectivity index (χ2v) is 8.30. The smallest absolute Gasteiger partial charge is 0.305 e. The zero-order valence-electron chi connectivity index (χ0n) is 14.5. The molecule has 0 saturated carbocycles. The molecule has 0 bridgehead atoms. The van der Waals surface area contributed by atoms with Crippen LogP contribution in [0.25, 0.3) is 0 Å². The summed E-state index contributed by atoms with van der Waals surface area (Å²) in [6.07, 6.45) is 0.629. The SMILES string of the molecule is CCC(CC)(CC(=O)O)NC(=O)CN(C)S(=O)(=O)c1ccc(Cl)cc1. The van der Waals surface area contributed by atoms with E-state index in [0.717, 1.165) is 4.31 Å². The third-order valence-corrected chi connectivity index (χ3v) is 6.21. The van der Waals surface area contributed by atoms with Crippen molar-refractivity contribution in [3.05, 3.63) is 29.3 Å². The Bertz CT molecular complexity index is 715. The number of nitrogens with zero attached hydrogens (tertiary/aromatic N) is 1. The molecular formula is C16H23ClN2O5S. The molecule has 0 atom stereocenters. The second kappa shape index (κ2) is 8.64. The number of benzene rings is 1. The number of carbonyl (C=O) groups is 2. The Morgan fingerprint density at radius 3 is 2.16 bits per heavy atom. The molecule has 1 aromatic carbocycles. The number of carboxylic acids is 1. The van der Waals surface area contributed by atoms with Crippen LogP contribution in [0.4, 0.5) is 0 Å². The summed E-state index contributed by atoms with van der Waals surface area (Å²) in [6.45, 7) is 3.15. The fourth-order valence-electron chi connectivity index (χ4n) is 2.42. The van der Waals surface area contributed by atoms with E-state index in [1.54, 1.807) is 13.8 Å². The first-order valence-corrected chi connectivity index (χ1v) is 9.63. The van der Waals surface area contributed by atoms with Gasteiger partial charge in [0.05, 0.1) is 17.9 Å². The van der Waals surface area contributed by atoms with Gasteiger partial charge in [-0.1, -0.05) is 25.4 Å². The molecule has 0 aliphatic rings. The molecule has 0 fully saturated rings. The lowest BCUT2D eigenvalue weighted by Gasteiger charge is -2.32. The van der Waals surface area contributed by atoms with Gasteiger partial charge in [-0.05, 0) is 37.1 Å². The highest BCUT2D eigenvalue weighted by Crippen LogP contribution is 2.21. The largest absolute Gasteiger partial charge is 0.481 e. The van der Waals surface area contributed by atoms with E-state index in [0.29, 0.717) is 17.9 Å². The zero-order valence-corrected chi connectivity index (χ0v) is 16.0. The monoisotopic (exact) mass is 390 g/mol. The number of likely N-dealkylation sites (N-methyl/N-ethyl adjacent to an activating group) is 1. The number of hydrogen-bond acceptors (Lipinski definition) is 4. The third kappa shape index (κ3) is 5.69. The first-order chi connectivity index (χ1) is 11.6. The molecule has 0 aromatic heterocycles. The third-order valence-electron chi connectivity index (χ3n) is 4.14. The van der Waals surface area contributed by atoms with Crippen LogP contribution < -0.4 is 5.32 Å². The fourth-order valence-corrected chi connectivity index (χ4v) is 3.67. The molecule has 1 aromatic rings. The molecule has 0 unspecified atom stereocenters. The van der Waals surface area contributed by atoms with Gasteiger partial charge >= 0.3 is 5.97 Å². The van der Waals surface area contributed by atoms with Crippen molar-refractivity contribution < 1.29 is 23.1 Å². The van der Waals surface area contributed by atoms with Crippen LogP contribution in [0.15, 0.2) is 29.2 Å². The molecule has 0 aliphatic carbocycles. The normalized spacial score (nSPS) is 12.2. The van der Waals surface area contributed by atoms with Crippen LogP contribution in [0.3, 0.4) is 0 Å². The number of sulfonamides is 1. The van der Waals surface area contributed by atoms with E-state index in [1.807, 2.05) is 0 Å². The summed E-state index contributed by atoms with van der Waals surface area (Å²) < 4.78 is 25.9. The van der Waals surface area contributed by atoms with Gasteiger partial charge in [-0.2, -0.15) is 4.31 Å². The summed E-state index contributed by atoms with van der Waals surface area (Å²) in [6, 6.07) is 5.63. The Labute approximate surface area is 153 Å². The van der Waals surface area contributed by atoms with Gasteiger partial charge < -0.3 is 10.4 Å². The van der Waals surface area contributed by atoms with Gasteiger partial charge in [0.25, 0.3) is 0 Å². The van der Waals surface area contributed by atoms with E-state index in [2.05, 4.69) is 5.32 Å². The maximum Gasteiger partial charge on any atom is 0.305 e. The number of amides is 1. The average Bonchev–Trinajstić information content (AvgIpc) is 2.53. The average molecular weight is 391 g/mol. The Morgan fingerprint density at radius 1 is 1.20 bits per heavy atom. The van der Waals surface area contributed by atoms with Gasteiger partial charge in [0.2, 0.25) is 15.9 Å². The van der Waals surface area contributed by atoms with E-state index in [4.69, 9.17) is 16.7 Å². The number of hydrogen-bond donors (Lipinski definition) is 2. The quantitative estimate of drug-likeness (QED) is 0.672. The van der Waals surface area contributed by atoms with Crippen molar-refractivity contribution in [2.24, 2.45) is 0 Å². The fraction of sp³-hybridized carbons (Fsp3) is 0.500. The highest BCUT2D eigenvalue weighted by atomic mass is 35.5. The van der Waals surface area contributed by atoms with Crippen LogP contribution in [0.5, 0.6) is 0 Å². The molecule has 0 aliphatic heterocycles. The van der Waals surface area contributed by atoms with Crippen LogP contribution in [0.1, 0.15) is 33.1 Å². The Kier molecular flexibility index (Phi) is 7.40. The molecular weight excluding hydrogens is 368 g/mol. The van der Waals surface area contributed by atoms with Crippen LogP contribution >= 0.6 is 11.6 Å². The summed E-state index contributed by atoms with van der Waals surface area (Å²) in [7, 11) is -2.55. The molecule has 140 valence electrons. The number of rotatable bonds is 9. The first-order valence-electron chi connectivity index (χ1n) is 7.81. The summed E-state index contributed by atoms with van der Waals surface area (Å²) >= 11 is 5.75. The topological polar surface area (TPSA) is 104 Å². The maximum atomic E-state index is 12.5. The highest BCUT2D eigenvalue weighted by molar-refractivity contribution is 7.89. The summed E-state index contributed by atoms with van der Waals surface area (Å²) in [5.41, 5.74) is -0.895. The minimum absolute atomic E-state index is 0.0231. The van der Waals surface area contributed by atoms with Gasteiger partial charge in [0.1, 0.15) is 0 Å². The number of aliphatic carboxylic acids is 1. The van der Waals surface area contributed by atoms with Crippen molar-refractivity contribution in [3.63, 3.8) is 0 Å². The predicted octanol–water partition coefficient (Wildman–Crippen LogP) is 2.11. The molecule has 25 heavy (non-hydrogen) atoms. The first kappa shape index (κ1) is 21.4. The molecule has 0 spiro atoms. The maximum absolute atomic E-state index is 12.5. The van der Waals surface area contributed by atoms with E-state index in [1.165, 1.54) is 31.3 Å². The molecule has 1 amide bonds. The lowest BCUT2D eigenvalue weighted by atomic mass is 9.89. The standard InChI is InChI=1S/C16H23ClN2O5S/c1-4-16(5-2,10-15(21)22)18-14(20)11-19(3)25(23,24)13-8-6-12(17)7-9-13/h6-9H,4-5,10-11H2,1-3H3,(H,18,20)(H,21,22). The van der Waals surface area contributed by atoms with Crippen molar-refractivity contribution >= 4 is 33.5 Å². The van der Waals surface area contributed by atoms with Crippen LogP contribution in [-0.4, -0.2) is 48.8 Å². The molecule has 9 heteroatoms. The lowest BCUT2D eigenvalue weighted by molar-refractivity contribution is -0.139. The highest BCUT2D eigenvalue weighted by Gasteiger charge is 2.32. The second-order valence-electron chi connectivity index (χ2n) is 5.82. The summed E-state index contributed by atoms with van der Waals surface area (Å²) in [5, 5.41) is 12.1. The molecule has 0 heterocycles. The Morgan fingerprint density at radius 2 is 1.72 bits per heavy atom. The van der Waals surface area contributed by atoms with Crippen molar-refractivity contribution in [3.8, 4) is 0 Å². The van der Waals surface area contributed by atoms with Crippen molar-refractivity contribution in [1.82, 2.24) is 9.62 Å². The number of nitrogens with one attached hydrogen (secondary N) is 1. The number of carbonyl (C=O) groups excluding carboxylic acids is 1. The Balaban J connectivity index is 2.87. The van der Waals surface area contributed by atoms with Crippen LogP contribution in [0, 0.1) is 0 Å². The summed E-state index contributed by atoms with van der Waals surface area (Å²) in [4.78, 5) is 23.3. The minimum atomic E-state index is -3.85. The minimum Gasteiger partial charge on any atom is -0.481 e. The van der Waals surface area contributed by atoms with Gasteiger partial charge in [0, 0.05) is 17.6 Å². The molecule has 7 nitrogen and oxygen atoms in total. The van der Waals surface area contributed by atoms with Crippen LogP contribution in [0.2, 0.25) is 5.02 Å². The molecule has 2 N–H and O–H groups in total. The molecule has 0 saturated heterocycles. The van der Waals surface area contributed by atoms with Gasteiger partial charge in [0.15, 0.2) is 0 Å². The van der Waals surface area contributed by atoms with Crippen LogP contribution in [-0.2, 0) is 19.6 Å². The van der Waals surface area contributed by atoms with E-state index >= 15 is 0 Å². The lowest BCUT2D eigenvalue weighted by Crippen LogP contribution is -2.52. The Hall–Kier alpha value is -1.64. The van der Waals surface area contributed by atoms with E-state index in [9.17, 15) is 18.0 Å². The molecule has 1 rings (SSSR count). The van der Waals surface area contributed by atoms with Gasteiger partial charge in [-0.15, -0.1) is 0 Å². The van der Waals surface area contributed by atoms with E-state index in [-0.39, 0.29) is 11.3 Å². The van der Waals surface area contributed by atoms with E-state index < -0.39 is 34.0 Å². The van der Waals surface area contributed by atoms with Crippen molar-refractivity contribution in [1.29, 1.82) is 0 Å². The molecule has 0 radical (unpaired) electrons. The number of carboxylic acid groups (broad SMARTS) is 1. The number of halogens is 1. The zero-order chi connectivity index (χ0) is 19.3. The van der Waals surface area contributed by atoms with Gasteiger partial charge in [-0.3, -0.25) is 9.59 Å². The van der Waals surface area contributed by atoms with Gasteiger partial charge in [-0.25, -0.2) is 8.42 Å².